The van der Waals surface area contributed by atoms with Gasteiger partial charge in [-0.3, -0.25) is 9.59 Å². The SMILES string of the molecule is CSCC[C@H](N)C(=O)Nc1ccc(F)c(C(N)=O)c1. The number of carbonyl (C=O) groups is 2. The Kier molecular flexibility index (Phi) is 5.78. The Morgan fingerprint density at radius 3 is 2.74 bits per heavy atom. The van der Waals surface area contributed by atoms with Gasteiger partial charge in [0, 0.05) is 5.69 Å². The Hall–Kier alpha value is -1.60. The first-order chi connectivity index (χ1) is 8.95. The quantitative estimate of drug-likeness (QED) is 0.724. The third-order valence-electron chi connectivity index (χ3n) is 2.47. The summed E-state index contributed by atoms with van der Waals surface area (Å²) in [5, 5.41) is 2.53. The van der Waals surface area contributed by atoms with Crippen molar-refractivity contribution in [2.24, 2.45) is 11.5 Å². The average Bonchev–Trinajstić information content (AvgIpc) is 2.37. The van der Waals surface area contributed by atoms with Crippen molar-refractivity contribution in [3.63, 3.8) is 0 Å². The molecule has 0 saturated carbocycles. The van der Waals surface area contributed by atoms with E-state index in [1.54, 1.807) is 11.8 Å². The zero-order valence-electron chi connectivity index (χ0n) is 10.5. The monoisotopic (exact) mass is 285 g/mol. The van der Waals surface area contributed by atoms with Gasteiger partial charge in [0.15, 0.2) is 0 Å². The number of anilines is 1. The molecule has 0 aliphatic heterocycles. The Balaban J connectivity index is 2.74. The summed E-state index contributed by atoms with van der Waals surface area (Å²) in [6.07, 6.45) is 2.46. The van der Waals surface area contributed by atoms with Crippen molar-refractivity contribution >= 4 is 29.3 Å². The van der Waals surface area contributed by atoms with Crippen LogP contribution < -0.4 is 16.8 Å². The van der Waals surface area contributed by atoms with Crippen LogP contribution in [-0.4, -0.2) is 29.9 Å². The molecule has 0 bridgehead atoms. The summed E-state index contributed by atoms with van der Waals surface area (Å²) < 4.78 is 13.2. The van der Waals surface area contributed by atoms with Crippen LogP contribution in [0.15, 0.2) is 18.2 Å². The number of primary amides is 1. The minimum atomic E-state index is -0.889. The normalized spacial score (nSPS) is 11.9. The fourth-order valence-corrected chi connectivity index (χ4v) is 1.89. The molecule has 1 atom stereocenters. The molecular formula is C12H16FN3O2S. The second kappa shape index (κ2) is 7.10. The van der Waals surface area contributed by atoms with E-state index in [9.17, 15) is 14.0 Å². The third kappa shape index (κ3) is 4.53. The van der Waals surface area contributed by atoms with Crippen molar-refractivity contribution < 1.29 is 14.0 Å². The van der Waals surface area contributed by atoms with Crippen LogP contribution in [0.1, 0.15) is 16.8 Å². The molecule has 0 aromatic heterocycles. The molecule has 0 aliphatic rings. The Bertz CT molecular complexity index is 482. The zero-order valence-corrected chi connectivity index (χ0v) is 11.3. The molecule has 1 aromatic carbocycles. The highest BCUT2D eigenvalue weighted by Crippen LogP contribution is 2.15. The van der Waals surface area contributed by atoms with Gasteiger partial charge in [-0.05, 0) is 36.6 Å². The Morgan fingerprint density at radius 2 is 2.16 bits per heavy atom. The fraction of sp³-hybridized carbons (Fsp3) is 0.333. The highest BCUT2D eigenvalue weighted by atomic mass is 32.2. The molecule has 0 fully saturated rings. The van der Waals surface area contributed by atoms with Crippen LogP contribution in [0.5, 0.6) is 0 Å². The van der Waals surface area contributed by atoms with Crippen LogP contribution in [0.3, 0.4) is 0 Å². The molecule has 0 radical (unpaired) electrons. The van der Waals surface area contributed by atoms with Crippen LogP contribution in [0.2, 0.25) is 0 Å². The zero-order chi connectivity index (χ0) is 14.4. The van der Waals surface area contributed by atoms with Gasteiger partial charge in [0.05, 0.1) is 11.6 Å². The maximum atomic E-state index is 13.2. The maximum absolute atomic E-state index is 13.2. The summed E-state index contributed by atoms with van der Waals surface area (Å²) in [5.74, 6) is -1.22. The predicted molar refractivity (Wildman–Crippen MR) is 74.5 cm³/mol. The van der Waals surface area contributed by atoms with Crippen molar-refractivity contribution in [3.8, 4) is 0 Å². The number of amides is 2. The molecule has 19 heavy (non-hydrogen) atoms. The summed E-state index contributed by atoms with van der Waals surface area (Å²) in [5.41, 5.74) is 10.7. The molecule has 0 unspecified atom stereocenters. The van der Waals surface area contributed by atoms with Crippen molar-refractivity contribution in [2.45, 2.75) is 12.5 Å². The lowest BCUT2D eigenvalue weighted by Crippen LogP contribution is -2.36. The molecule has 5 nitrogen and oxygen atoms in total. The molecule has 2 amide bonds. The second-order valence-electron chi connectivity index (χ2n) is 3.94. The number of nitrogens with two attached hydrogens (primary N) is 2. The molecule has 5 N–H and O–H groups in total. The van der Waals surface area contributed by atoms with E-state index in [0.717, 1.165) is 11.8 Å². The van der Waals surface area contributed by atoms with Gasteiger partial charge in [0.2, 0.25) is 5.91 Å². The summed E-state index contributed by atoms with van der Waals surface area (Å²) >= 11 is 1.59. The molecule has 0 heterocycles. The maximum Gasteiger partial charge on any atom is 0.251 e. The molecule has 0 aliphatic carbocycles. The van der Waals surface area contributed by atoms with E-state index in [-0.39, 0.29) is 11.5 Å². The molecule has 0 spiro atoms. The molecule has 0 saturated heterocycles. The number of benzene rings is 1. The van der Waals surface area contributed by atoms with Gasteiger partial charge >= 0.3 is 0 Å². The average molecular weight is 285 g/mol. The number of nitrogens with one attached hydrogen (secondary N) is 1. The molecular weight excluding hydrogens is 269 g/mol. The number of hydrogen-bond donors (Lipinski definition) is 3. The highest BCUT2D eigenvalue weighted by molar-refractivity contribution is 7.98. The van der Waals surface area contributed by atoms with Crippen molar-refractivity contribution in [2.75, 3.05) is 17.3 Å². The van der Waals surface area contributed by atoms with Gasteiger partial charge in [0.25, 0.3) is 5.91 Å². The van der Waals surface area contributed by atoms with Gasteiger partial charge in [-0.1, -0.05) is 0 Å². The minimum Gasteiger partial charge on any atom is -0.366 e. The van der Waals surface area contributed by atoms with Gasteiger partial charge in [0.1, 0.15) is 5.82 Å². The summed E-state index contributed by atoms with van der Waals surface area (Å²) in [6, 6.07) is 2.97. The summed E-state index contributed by atoms with van der Waals surface area (Å²) in [6.45, 7) is 0. The second-order valence-corrected chi connectivity index (χ2v) is 4.92. The van der Waals surface area contributed by atoms with Gasteiger partial charge in [-0.2, -0.15) is 11.8 Å². The highest BCUT2D eigenvalue weighted by Gasteiger charge is 2.15. The van der Waals surface area contributed by atoms with E-state index >= 15 is 0 Å². The molecule has 1 rings (SSSR count). The number of carbonyl (C=O) groups excluding carboxylic acids is 2. The first-order valence-electron chi connectivity index (χ1n) is 5.60. The number of rotatable bonds is 6. The first kappa shape index (κ1) is 15.5. The van der Waals surface area contributed by atoms with Crippen LogP contribution in [-0.2, 0) is 4.79 Å². The van der Waals surface area contributed by atoms with E-state index in [0.29, 0.717) is 12.1 Å². The van der Waals surface area contributed by atoms with E-state index in [1.165, 1.54) is 12.1 Å². The van der Waals surface area contributed by atoms with Crippen LogP contribution in [0, 0.1) is 5.82 Å². The van der Waals surface area contributed by atoms with Crippen LogP contribution in [0.4, 0.5) is 10.1 Å². The van der Waals surface area contributed by atoms with E-state index in [1.807, 2.05) is 6.26 Å². The number of halogens is 1. The topological polar surface area (TPSA) is 98.2 Å². The predicted octanol–water partition coefficient (Wildman–Crippen LogP) is 0.943. The first-order valence-corrected chi connectivity index (χ1v) is 6.99. The lowest BCUT2D eigenvalue weighted by atomic mass is 10.1. The minimum absolute atomic E-state index is 0.268. The van der Waals surface area contributed by atoms with Crippen LogP contribution >= 0.6 is 11.8 Å². The standard InChI is InChI=1S/C12H16FN3O2S/c1-19-5-4-10(14)12(18)16-7-2-3-9(13)8(6-7)11(15)17/h2-3,6,10H,4-5,14H2,1H3,(H2,15,17)(H,16,18)/t10-/m0/s1. The third-order valence-corrected chi connectivity index (χ3v) is 3.11. The Morgan fingerprint density at radius 1 is 1.47 bits per heavy atom. The Labute approximate surface area is 114 Å². The van der Waals surface area contributed by atoms with E-state index in [4.69, 9.17) is 11.5 Å². The van der Waals surface area contributed by atoms with E-state index < -0.39 is 17.8 Å². The summed E-state index contributed by atoms with van der Waals surface area (Å²) in [7, 11) is 0. The van der Waals surface area contributed by atoms with Crippen molar-refractivity contribution in [1.29, 1.82) is 0 Å². The van der Waals surface area contributed by atoms with Gasteiger partial charge < -0.3 is 16.8 Å². The van der Waals surface area contributed by atoms with Crippen molar-refractivity contribution in [1.82, 2.24) is 0 Å². The lowest BCUT2D eigenvalue weighted by Gasteiger charge is -2.12. The van der Waals surface area contributed by atoms with E-state index in [2.05, 4.69) is 5.32 Å². The molecule has 104 valence electrons. The lowest BCUT2D eigenvalue weighted by molar-refractivity contribution is -0.117. The summed E-state index contributed by atoms with van der Waals surface area (Å²) in [4.78, 5) is 22.7. The molecule has 1 aromatic rings. The number of hydrogen-bond acceptors (Lipinski definition) is 4. The van der Waals surface area contributed by atoms with Crippen molar-refractivity contribution in [3.05, 3.63) is 29.6 Å². The largest absolute Gasteiger partial charge is 0.366 e. The molecule has 7 heteroatoms. The fourth-order valence-electron chi connectivity index (χ4n) is 1.40. The van der Waals surface area contributed by atoms with Gasteiger partial charge in [-0.25, -0.2) is 4.39 Å². The van der Waals surface area contributed by atoms with Crippen LogP contribution in [0.25, 0.3) is 0 Å². The smallest absolute Gasteiger partial charge is 0.251 e. The van der Waals surface area contributed by atoms with Gasteiger partial charge in [-0.15, -0.1) is 0 Å². The number of thioether (sulfide) groups is 1.